The zero-order chi connectivity index (χ0) is 23.0. The van der Waals surface area contributed by atoms with E-state index in [1.54, 1.807) is 0 Å². The van der Waals surface area contributed by atoms with E-state index in [1.807, 2.05) is 13.8 Å². The summed E-state index contributed by atoms with van der Waals surface area (Å²) in [5, 5.41) is 20.7. The van der Waals surface area contributed by atoms with Crippen molar-refractivity contribution < 1.29 is 10.2 Å². The maximum atomic E-state index is 10.4. The molecule has 2 heteroatoms. The highest BCUT2D eigenvalue weighted by Crippen LogP contribution is 2.67. The van der Waals surface area contributed by atoms with Crippen molar-refractivity contribution in [2.75, 3.05) is 0 Å². The van der Waals surface area contributed by atoms with E-state index in [2.05, 4.69) is 34.6 Å². The van der Waals surface area contributed by atoms with Gasteiger partial charge in [0, 0.05) is 0 Å². The van der Waals surface area contributed by atoms with Crippen LogP contribution in [-0.4, -0.2) is 22.4 Å². The molecule has 0 radical (unpaired) electrons. The topological polar surface area (TPSA) is 40.5 Å². The summed E-state index contributed by atoms with van der Waals surface area (Å²) in [6.07, 6.45) is 15.2. The Balaban J connectivity index is 0.00000132. The van der Waals surface area contributed by atoms with Gasteiger partial charge in [0.2, 0.25) is 0 Å². The fourth-order valence-electron chi connectivity index (χ4n) is 8.81. The molecule has 6 unspecified atom stereocenters. The molecular weight excluding hydrogens is 380 g/mol. The van der Waals surface area contributed by atoms with E-state index >= 15 is 0 Å². The Hall–Kier alpha value is -0.0800. The molecular formula is C29H54O2. The van der Waals surface area contributed by atoms with E-state index < -0.39 is 0 Å². The van der Waals surface area contributed by atoms with Gasteiger partial charge in [0.25, 0.3) is 0 Å². The van der Waals surface area contributed by atoms with E-state index in [1.165, 1.54) is 57.8 Å². The van der Waals surface area contributed by atoms with Crippen LogP contribution >= 0.6 is 0 Å². The van der Waals surface area contributed by atoms with Crippen LogP contribution in [0.4, 0.5) is 0 Å². The highest BCUT2D eigenvalue weighted by atomic mass is 16.3. The van der Waals surface area contributed by atoms with E-state index in [-0.39, 0.29) is 17.6 Å². The molecule has 0 amide bonds. The summed E-state index contributed by atoms with van der Waals surface area (Å²) in [5.74, 6) is 4.43. The van der Waals surface area contributed by atoms with Crippen molar-refractivity contribution in [1.82, 2.24) is 0 Å². The van der Waals surface area contributed by atoms with Crippen molar-refractivity contribution in [1.29, 1.82) is 0 Å². The van der Waals surface area contributed by atoms with Gasteiger partial charge in [0.05, 0.1) is 12.2 Å². The SMILES string of the molecule is CC.CC(C)(C)C(O)CCC[C@H]1CCC2[C@@H]3CCC4CC(O)CC[C@]4(C)C3CCC21C. The third-order valence-electron chi connectivity index (χ3n) is 10.9. The first kappa shape index (κ1) is 25.5. The summed E-state index contributed by atoms with van der Waals surface area (Å²) in [6, 6.07) is 0. The van der Waals surface area contributed by atoms with Crippen molar-refractivity contribution >= 4 is 0 Å². The van der Waals surface area contributed by atoms with Crippen LogP contribution < -0.4 is 0 Å². The standard InChI is InChI=1S/C27H48O2.C2H6/c1-25(2,3)24(29)8-6-7-18-10-12-22-21-11-9-19-17-20(28)13-15-27(19,5)23(21)14-16-26(18,22)4;1-2/h18-24,28-29H,6-17H2,1-5H3;1-2H3/t18-,19?,20?,21-,22?,23?,24?,26?,27-;/m0./s1. The molecule has 0 saturated heterocycles. The van der Waals surface area contributed by atoms with Crippen LogP contribution in [-0.2, 0) is 0 Å². The van der Waals surface area contributed by atoms with Gasteiger partial charge in [0.15, 0.2) is 0 Å². The lowest BCUT2D eigenvalue weighted by molar-refractivity contribution is -0.127. The smallest absolute Gasteiger partial charge is 0.0588 e. The number of rotatable bonds is 4. The highest BCUT2D eigenvalue weighted by Gasteiger charge is 2.59. The quantitative estimate of drug-likeness (QED) is 0.478. The molecule has 0 spiro atoms. The molecule has 2 nitrogen and oxygen atoms in total. The van der Waals surface area contributed by atoms with E-state index in [4.69, 9.17) is 0 Å². The molecule has 4 fully saturated rings. The Bertz CT molecular complexity index is 580. The largest absolute Gasteiger partial charge is 0.393 e. The second kappa shape index (κ2) is 9.65. The fraction of sp³-hybridized carbons (Fsp3) is 1.00. The number of aliphatic hydroxyl groups excluding tert-OH is 2. The van der Waals surface area contributed by atoms with Crippen LogP contribution in [0.3, 0.4) is 0 Å². The number of hydrogen-bond donors (Lipinski definition) is 2. The average molecular weight is 435 g/mol. The highest BCUT2D eigenvalue weighted by molar-refractivity contribution is 5.09. The van der Waals surface area contributed by atoms with Gasteiger partial charge in [-0.15, -0.1) is 0 Å². The first-order valence-corrected chi connectivity index (χ1v) is 13.9. The van der Waals surface area contributed by atoms with Gasteiger partial charge >= 0.3 is 0 Å². The first-order chi connectivity index (χ1) is 14.6. The molecule has 182 valence electrons. The van der Waals surface area contributed by atoms with Crippen molar-refractivity contribution in [3.8, 4) is 0 Å². The van der Waals surface area contributed by atoms with Gasteiger partial charge < -0.3 is 10.2 Å². The molecule has 4 aliphatic rings. The van der Waals surface area contributed by atoms with Crippen LogP contribution in [0, 0.1) is 45.8 Å². The lowest BCUT2D eigenvalue weighted by atomic mass is 9.44. The zero-order valence-corrected chi connectivity index (χ0v) is 21.9. The first-order valence-electron chi connectivity index (χ1n) is 13.9. The van der Waals surface area contributed by atoms with E-state index in [0.717, 1.165) is 48.9 Å². The number of hydrogen-bond acceptors (Lipinski definition) is 2. The minimum Gasteiger partial charge on any atom is -0.393 e. The molecule has 0 heterocycles. The van der Waals surface area contributed by atoms with E-state index in [9.17, 15) is 10.2 Å². The Kier molecular flexibility index (Phi) is 7.95. The Morgan fingerprint density at radius 3 is 2.19 bits per heavy atom. The molecule has 0 aliphatic heterocycles. The molecule has 9 atom stereocenters. The Morgan fingerprint density at radius 1 is 0.871 bits per heavy atom. The van der Waals surface area contributed by atoms with Gasteiger partial charge in [-0.2, -0.15) is 0 Å². The number of fused-ring (bicyclic) bond motifs is 5. The Morgan fingerprint density at radius 2 is 1.52 bits per heavy atom. The summed E-state index contributed by atoms with van der Waals surface area (Å²) >= 11 is 0. The predicted octanol–water partition coefficient (Wildman–Crippen LogP) is 7.61. The fourth-order valence-corrected chi connectivity index (χ4v) is 8.81. The van der Waals surface area contributed by atoms with Gasteiger partial charge in [-0.25, -0.2) is 0 Å². The maximum absolute atomic E-state index is 10.4. The molecule has 0 aromatic heterocycles. The molecule has 4 saturated carbocycles. The lowest BCUT2D eigenvalue weighted by Crippen LogP contribution is -2.53. The second-order valence-corrected chi connectivity index (χ2v) is 13.2. The third kappa shape index (κ3) is 4.77. The van der Waals surface area contributed by atoms with Crippen LogP contribution in [0.15, 0.2) is 0 Å². The normalized spacial score (nSPS) is 45.6. The second-order valence-electron chi connectivity index (χ2n) is 13.2. The van der Waals surface area contributed by atoms with Crippen LogP contribution in [0.2, 0.25) is 0 Å². The van der Waals surface area contributed by atoms with Crippen LogP contribution in [0.1, 0.15) is 126 Å². The molecule has 0 aromatic carbocycles. The molecule has 31 heavy (non-hydrogen) atoms. The molecule has 4 aliphatic carbocycles. The molecule has 2 N–H and O–H groups in total. The predicted molar refractivity (Wildman–Crippen MR) is 132 cm³/mol. The summed E-state index contributed by atoms with van der Waals surface area (Å²) < 4.78 is 0. The van der Waals surface area contributed by atoms with Crippen molar-refractivity contribution in [3.63, 3.8) is 0 Å². The molecule has 0 bridgehead atoms. The molecule has 0 aromatic rings. The Labute approximate surface area is 194 Å². The monoisotopic (exact) mass is 434 g/mol. The zero-order valence-electron chi connectivity index (χ0n) is 21.9. The molecule has 4 rings (SSSR count). The minimum atomic E-state index is -0.167. The third-order valence-corrected chi connectivity index (χ3v) is 10.9. The lowest BCUT2D eigenvalue weighted by Gasteiger charge is -2.61. The summed E-state index contributed by atoms with van der Waals surface area (Å²) in [4.78, 5) is 0. The average Bonchev–Trinajstić information content (AvgIpc) is 3.06. The number of aliphatic hydroxyl groups is 2. The maximum Gasteiger partial charge on any atom is 0.0588 e. The summed E-state index contributed by atoms with van der Waals surface area (Å²) in [5.41, 5.74) is 1.06. The van der Waals surface area contributed by atoms with Gasteiger partial charge in [-0.3, -0.25) is 0 Å². The van der Waals surface area contributed by atoms with Crippen molar-refractivity contribution in [2.24, 2.45) is 45.8 Å². The minimum absolute atomic E-state index is 0.0157. The van der Waals surface area contributed by atoms with E-state index in [0.29, 0.717) is 10.8 Å². The summed E-state index contributed by atoms with van der Waals surface area (Å²) in [7, 11) is 0. The van der Waals surface area contributed by atoms with Crippen molar-refractivity contribution in [3.05, 3.63) is 0 Å². The van der Waals surface area contributed by atoms with Crippen LogP contribution in [0.25, 0.3) is 0 Å². The van der Waals surface area contributed by atoms with Crippen LogP contribution in [0.5, 0.6) is 0 Å². The van der Waals surface area contributed by atoms with Gasteiger partial charge in [-0.05, 0) is 116 Å². The van der Waals surface area contributed by atoms with Gasteiger partial charge in [0.1, 0.15) is 0 Å². The van der Waals surface area contributed by atoms with Crippen molar-refractivity contribution in [2.45, 2.75) is 138 Å². The summed E-state index contributed by atoms with van der Waals surface area (Å²) in [6.45, 7) is 15.7. The van der Waals surface area contributed by atoms with Gasteiger partial charge in [-0.1, -0.05) is 54.9 Å².